The Bertz CT molecular complexity index is 178. The predicted octanol–water partition coefficient (Wildman–Crippen LogP) is 4.76. The lowest BCUT2D eigenvalue weighted by molar-refractivity contribution is 0.212. The maximum Gasteiger partial charge on any atom is 0.00954 e. The lowest BCUT2D eigenvalue weighted by Gasteiger charge is -2.34. The van der Waals surface area contributed by atoms with Crippen molar-refractivity contribution >= 4 is 0 Å². The van der Waals surface area contributed by atoms with Gasteiger partial charge in [-0.1, -0.05) is 52.9 Å². The minimum atomic E-state index is 0.809. The summed E-state index contributed by atoms with van der Waals surface area (Å²) >= 11 is 0. The SMILES string of the molecule is CCCCCC(NCCC)C1CCCC(C)C1. The lowest BCUT2D eigenvalue weighted by atomic mass is 9.77. The molecule has 1 rings (SSSR count). The second kappa shape index (κ2) is 8.97. The molecule has 0 bridgehead atoms. The van der Waals surface area contributed by atoms with Crippen LogP contribution in [0.3, 0.4) is 0 Å². The van der Waals surface area contributed by atoms with Crippen LogP contribution < -0.4 is 5.32 Å². The summed E-state index contributed by atoms with van der Waals surface area (Å²) in [6.07, 6.45) is 12.7. The molecule has 0 aromatic heterocycles. The van der Waals surface area contributed by atoms with Crippen molar-refractivity contribution < 1.29 is 0 Å². The third-order valence-corrected chi connectivity index (χ3v) is 4.32. The van der Waals surface area contributed by atoms with Crippen molar-refractivity contribution in [2.75, 3.05) is 6.54 Å². The van der Waals surface area contributed by atoms with Crippen LogP contribution in [-0.4, -0.2) is 12.6 Å². The van der Waals surface area contributed by atoms with Gasteiger partial charge in [-0.15, -0.1) is 0 Å². The van der Waals surface area contributed by atoms with Crippen LogP contribution in [0.25, 0.3) is 0 Å². The molecule has 1 fully saturated rings. The molecule has 0 aromatic rings. The summed E-state index contributed by atoms with van der Waals surface area (Å²) in [6.45, 7) is 8.23. The van der Waals surface area contributed by atoms with Crippen LogP contribution >= 0.6 is 0 Å². The van der Waals surface area contributed by atoms with Gasteiger partial charge < -0.3 is 5.32 Å². The van der Waals surface area contributed by atoms with Crippen LogP contribution in [0.4, 0.5) is 0 Å². The predicted molar refractivity (Wildman–Crippen MR) is 77.3 cm³/mol. The number of hydrogen-bond donors (Lipinski definition) is 1. The first kappa shape index (κ1) is 15.0. The van der Waals surface area contributed by atoms with E-state index >= 15 is 0 Å². The summed E-state index contributed by atoms with van der Waals surface area (Å²) < 4.78 is 0. The molecule has 0 saturated heterocycles. The van der Waals surface area contributed by atoms with E-state index < -0.39 is 0 Å². The quantitative estimate of drug-likeness (QED) is 0.602. The zero-order valence-corrected chi connectivity index (χ0v) is 12.3. The average molecular weight is 239 g/mol. The fraction of sp³-hybridized carbons (Fsp3) is 1.00. The highest BCUT2D eigenvalue weighted by Crippen LogP contribution is 2.32. The molecule has 1 nitrogen and oxygen atoms in total. The summed E-state index contributed by atoms with van der Waals surface area (Å²) in [7, 11) is 0. The van der Waals surface area contributed by atoms with Crippen LogP contribution in [0.1, 0.15) is 78.6 Å². The van der Waals surface area contributed by atoms with Crippen LogP contribution in [0, 0.1) is 11.8 Å². The molecule has 1 heteroatoms. The maximum atomic E-state index is 3.82. The van der Waals surface area contributed by atoms with E-state index in [0.717, 1.165) is 17.9 Å². The Morgan fingerprint density at radius 3 is 2.59 bits per heavy atom. The van der Waals surface area contributed by atoms with Gasteiger partial charge in [0.05, 0.1) is 0 Å². The minimum Gasteiger partial charge on any atom is -0.314 e. The molecule has 1 N–H and O–H groups in total. The molecular formula is C16H33N. The van der Waals surface area contributed by atoms with Gasteiger partial charge in [0.15, 0.2) is 0 Å². The highest BCUT2D eigenvalue weighted by molar-refractivity contribution is 4.81. The highest BCUT2D eigenvalue weighted by Gasteiger charge is 2.25. The topological polar surface area (TPSA) is 12.0 Å². The zero-order chi connectivity index (χ0) is 12.5. The van der Waals surface area contributed by atoms with Crippen molar-refractivity contribution in [3.8, 4) is 0 Å². The summed E-state index contributed by atoms with van der Waals surface area (Å²) in [5.74, 6) is 1.92. The Morgan fingerprint density at radius 2 is 1.94 bits per heavy atom. The number of unbranched alkanes of at least 4 members (excludes halogenated alkanes) is 2. The fourth-order valence-corrected chi connectivity index (χ4v) is 3.29. The molecule has 1 aliphatic rings. The average Bonchev–Trinajstić information content (AvgIpc) is 2.33. The minimum absolute atomic E-state index is 0.809. The Balaban J connectivity index is 2.36. The third-order valence-electron chi connectivity index (χ3n) is 4.32. The summed E-state index contributed by atoms with van der Waals surface area (Å²) in [6, 6.07) is 0.809. The molecule has 17 heavy (non-hydrogen) atoms. The summed E-state index contributed by atoms with van der Waals surface area (Å²) in [4.78, 5) is 0. The second-order valence-corrected chi connectivity index (χ2v) is 6.09. The standard InChI is InChI=1S/C16H33N/c1-4-6-7-11-16(17-12-5-2)15-10-8-9-14(3)13-15/h14-17H,4-13H2,1-3H3. The Labute approximate surface area is 109 Å². The second-order valence-electron chi connectivity index (χ2n) is 6.09. The van der Waals surface area contributed by atoms with Gasteiger partial charge in [0.1, 0.15) is 0 Å². The van der Waals surface area contributed by atoms with Crippen molar-refractivity contribution in [3.63, 3.8) is 0 Å². The van der Waals surface area contributed by atoms with Gasteiger partial charge in [-0.2, -0.15) is 0 Å². The normalized spacial score (nSPS) is 27.0. The molecule has 0 heterocycles. The molecule has 102 valence electrons. The summed E-state index contributed by atoms with van der Waals surface area (Å²) in [5.41, 5.74) is 0. The van der Waals surface area contributed by atoms with E-state index in [1.807, 2.05) is 0 Å². The Kier molecular flexibility index (Phi) is 7.92. The Hall–Kier alpha value is -0.0400. The van der Waals surface area contributed by atoms with Crippen LogP contribution in [0.15, 0.2) is 0 Å². The first-order valence-electron chi connectivity index (χ1n) is 8.01. The van der Waals surface area contributed by atoms with E-state index in [1.165, 1.54) is 64.3 Å². The number of nitrogens with one attached hydrogen (secondary N) is 1. The third kappa shape index (κ3) is 5.90. The molecule has 3 unspecified atom stereocenters. The zero-order valence-electron chi connectivity index (χ0n) is 12.3. The van der Waals surface area contributed by atoms with Gasteiger partial charge >= 0.3 is 0 Å². The molecule has 0 amide bonds. The van der Waals surface area contributed by atoms with Crippen molar-refractivity contribution in [2.24, 2.45) is 11.8 Å². The van der Waals surface area contributed by atoms with Crippen molar-refractivity contribution in [1.82, 2.24) is 5.32 Å². The van der Waals surface area contributed by atoms with E-state index in [0.29, 0.717) is 0 Å². The molecule has 0 spiro atoms. The fourth-order valence-electron chi connectivity index (χ4n) is 3.29. The Morgan fingerprint density at radius 1 is 1.12 bits per heavy atom. The van der Waals surface area contributed by atoms with Gasteiger partial charge in [-0.25, -0.2) is 0 Å². The first-order chi connectivity index (χ1) is 8.27. The van der Waals surface area contributed by atoms with E-state index in [2.05, 4.69) is 26.1 Å². The highest BCUT2D eigenvalue weighted by atomic mass is 14.9. The first-order valence-corrected chi connectivity index (χ1v) is 8.01. The molecule has 0 aromatic carbocycles. The van der Waals surface area contributed by atoms with E-state index in [9.17, 15) is 0 Å². The molecular weight excluding hydrogens is 206 g/mol. The molecule has 1 aliphatic carbocycles. The molecule has 0 radical (unpaired) electrons. The molecule has 1 saturated carbocycles. The van der Waals surface area contributed by atoms with E-state index in [1.54, 1.807) is 0 Å². The largest absolute Gasteiger partial charge is 0.314 e. The van der Waals surface area contributed by atoms with Gasteiger partial charge in [-0.3, -0.25) is 0 Å². The van der Waals surface area contributed by atoms with E-state index in [4.69, 9.17) is 0 Å². The van der Waals surface area contributed by atoms with Crippen molar-refractivity contribution in [2.45, 2.75) is 84.6 Å². The molecule has 3 atom stereocenters. The monoisotopic (exact) mass is 239 g/mol. The smallest absolute Gasteiger partial charge is 0.00954 e. The van der Waals surface area contributed by atoms with Gasteiger partial charge in [-0.05, 0) is 44.1 Å². The van der Waals surface area contributed by atoms with Crippen LogP contribution in [0.2, 0.25) is 0 Å². The van der Waals surface area contributed by atoms with Crippen LogP contribution in [0.5, 0.6) is 0 Å². The number of hydrogen-bond acceptors (Lipinski definition) is 1. The van der Waals surface area contributed by atoms with Gasteiger partial charge in [0.25, 0.3) is 0 Å². The van der Waals surface area contributed by atoms with Gasteiger partial charge in [0, 0.05) is 6.04 Å². The maximum absolute atomic E-state index is 3.82. The lowest BCUT2D eigenvalue weighted by Crippen LogP contribution is -2.38. The van der Waals surface area contributed by atoms with Crippen molar-refractivity contribution in [3.05, 3.63) is 0 Å². The molecule has 0 aliphatic heterocycles. The van der Waals surface area contributed by atoms with E-state index in [-0.39, 0.29) is 0 Å². The summed E-state index contributed by atoms with van der Waals surface area (Å²) in [5, 5.41) is 3.82. The number of rotatable bonds is 8. The van der Waals surface area contributed by atoms with Gasteiger partial charge in [0.2, 0.25) is 0 Å². The van der Waals surface area contributed by atoms with Crippen molar-refractivity contribution in [1.29, 1.82) is 0 Å². The van der Waals surface area contributed by atoms with Crippen LogP contribution in [-0.2, 0) is 0 Å².